The highest BCUT2D eigenvalue weighted by Crippen LogP contribution is 2.32. The van der Waals surface area contributed by atoms with Gasteiger partial charge in [0, 0.05) is 6.08 Å². The molecule has 0 amide bonds. The molecule has 0 aliphatic heterocycles. The summed E-state index contributed by atoms with van der Waals surface area (Å²) in [4.78, 5) is 4.45. The van der Waals surface area contributed by atoms with Crippen molar-refractivity contribution in [2.24, 2.45) is 0 Å². The maximum atomic E-state index is 5.94. The summed E-state index contributed by atoms with van der Waals surface area (Å²) in [5, 5.41) is 0. The van der Waals surface area contributed by atoms with E-state index in [4.69, 9.17) is 13.9 Å². The molecule has 0 aliphatic rings. The molecule has 0 N–H and O–H groups in total. The van der Waals surface area contributed by atoms with E-state index in [9.17, 15) is 0 Å². The van der Waals surface area contributed by atoms with Crippen molar-refractivity contribution in [2.75, 3.05) is 11.5 Å². The van der Waals surface area contributed by atoms with E-state index in [1.807, 2.05) is 54.6 Å². The summed E-state index contributed by atoms with van der Waals surface area (Å²) in [6.45, 7) is 0.328. The molecule has 1 heterocycles. The van der Waals surface area contributed by atoms with Gasteiger partial charge in [-0.05, 0) is 40.5 Å². The zero-order valence-electron chi connectivity index (χ0n) is 15.2. The second kappa shape index (κ2) is 10.2. The molecule has 0 unspecified atom stereocenters. The molecule has 0 fully saturated rings. The highest BCUT2D eigenvalue weighted by molar-refractivity contribution is 14.1. The normalized spacial score (nSPS) is 11.0. The molecule has 3 rings (SSSR count). The average molecular weight is 475 g/mol. The van der Waals surface area contributed by atoms with Crippen molar-refractivity contribution >= 4 is 34.7 Å². The van der Waals surface area contributed by atoms with Crippen molar-refractivity contribution in [3.05, 3.63) is 77.5 Å². The third-order valence-corrected chi connectivity index (χ3v) is 4.77. The van der Waals surface area contributed by atoms with Crippen LogP contribution in [0.4, 0.5) is 0 Å². The predicted octanol–water partition coefficient (Wildman–Crippen LogP) is 5.80. The van der Waals surface area contributed by atoms with Crippen LogP contribution in [-0.2, 0) is 13.0 Å². The number of benzene rings is 2. The van der Waals surface area contributed by atoms with Gasteiger partial charge < -0.3 is 13.9 Å². The lowest BCUT2D eigenvalue weighted by Crippen LogP contribution is -2.00. The van der Waals surface area contributed by atoms with Crippen LogP contribution >= 0.6 is 22.6 Å². The van der Waals surface area contributed by atoms with Gasteiger partial charge in [0.1, 0.15) is 18.6 Å². The van der Waals surface area contributed by atoms with Crippen LogP contribution < -0.4 is 9.47 Å². The maximum Gasteiger partial charge on any atom is 0.218 e. The third-order valence-electron chi connectivity index (χ3n) is 4.01. The second-order valence-corrected chi connectivity index (χ2v) is 7.03. The Morgan fingerprint density at radius 1 is 1.07 bits per heavy atom. The first-order chi connectivity index (χ1) is 13.3. The lowest BCUT2D eigenvalue weighted by Gasteiger charge is -2.13. The molecular formula is C22H22INO3. The predicted molar refractivity (Wildman–Crippen MR) is 116 cm³/mol. The van der Waals surface area contributed by atoms with Crippen molar-refractivity contribution in [1.29, 1.82) is 0 Å². The van der Waals surface area contributed by atoms with Gasteiger partial charge in [0.05, 0.1) is 7.11 Å². The molecule has 0 bridgehead atoms. The number of halogens is 1. The number of aryl methyl sites for hydroxylation is 1. The molecule has 2 aromatic carbocycles. The van der Waals surface area contributed by atoms with E-state index in [-0.39, 0.29) is 0 Å². The van der Waals surface area contributed by atoms with Crippen molar-refractivity contribution in [1.82, 2.24) is 4.98 Å². The minimum Gasteiger partial charge on any atom is -0.493 e. The van der Waals surface area contributed by atoms with Crippen LogP contribution in [0.15, 0.2) is 59.2 Å². The Labute approximate surface area is 173 Å². The SMILES string of the molecule is COc1c(CCCI)cccc1OCc1coc(/C=C/c2ccccc2)n1. The van der Waals surface area contributed by atoms with Gasteiger partial charge >= 0.3 is 0 Å². The molecule has 3 aromatic rings. The fourth-order valence-electron chi connectivity index (χ4n) is 2.71. The summed E-state index contributed by atoms with van der Waals surface area (Å²) < 4.78 is 18.1. The molecule has 0 saturated heterocycles. The summed E-state index contributed by atoms with van der Waals surface area (Å²) >= 11 is 2.39. The van der Waals surface area contributed by atoms with Crippen molar-refractivity contribution < 1.29 is 13.9 Å². The van der Waals surface area contributed by atoms with Gasteiger partial charge in [-0.15, -0.1) is 0 Å². The maximum absolute atomic E-state index is 5.94. The Bertz CT molecular complexity index is 874. The number of ether oxygens (including phenoxy) is 2. The van der Waals surface area contributed by atoms with Crippen molar-refractivity contribution in [3.8, 4) is 11.5 Å². The van der Waals surface area contributed by atoms with E-state index in [1.54, 1.807) is 13.4 Å². The smallest absolute Gasteiger partial charge is 0.218 e. The summed E-state index contributed by atoms with van der Waals surface area (Å²) in [6.07, 6.45) is 7.53. The second-order valence-electron chi connectivity index (χ2n) is 5.95. The van der Waals surface area contributed by atoms with Gasteiger partial charge in [-0.1, -0.05) is 65.1 Å². The number of hydrogen-bond donors (Lipinski definition) is 0. The van der Waals surface area contributed by atoms with Gasteiger partial charge in [0.25, 0.3) is 0 Å². The van der Waals surface area contributed by atoms with Crippen molar-refractivity contribution in [3.63, 3.8) is 0 Å². The largest absolute Gasteiger partial charge is 0.493 e. The molecule has 0 atom stereocenters. The van der Waals surface area contributed by atoms with Crippen LogP contribution in [0, 0.1) is 0 Å². The minimum atomic E-state index is 0.328. The standard InChI is InChI=1S/C22H22INO3/c1-25-22-18(10-6-14-23)9-5-11-20(22)26-15-19-16-27-21(24-19)13-12-17-7-3-2-4-8-17/h2-5,7-9,11-13,16H,6,10,14-15H2,1H3/b13-12+. The number of para-hydroxylation sites is 1. The van der Waals surface area contributed by atoms with Crippen molar-refractivity contribution in [2.45, 2.75) is 19.4 Å². The molecule has 4 nitrogen and oxygen atoms in total. The monoisotopic (exact) mass is 475 g/mol. The summed E-state index contributed by atoms with van der Waals surface area (Å²) in [5.74, 6) is 2.09. The number of aromatic nitrogens is 1. The molecule has 140 valence electrons. The third kappa shape index (κ3) is 5.60. The molecule has 0 aliphatic carbocycles. The zero-order valence-corrected chi connectivity index (χ0v) is 17.4. The molecule has 0 saturated carbocycles. The van der Waals surface area contributed by atoms with Gasteiger partial charge in [0.15, 0.2) is 11.5 Å². The quantitative estimate of drug-likeness (QED) is 0.290. The first-order valence-electron chi connectivity index (χ1n) is 8.82. The first kappa shape index (κ1) is 19.5. The molecule has 0 radical (unpaired) electrons. The lowest BCUT2D eigenvalue weighted by molar-refractivity contribution is 0.279. The first-order valence-corrected chi connectivity index (χ1v) is 10.3. The van der Waals surface area contributed by atoms with E-state index in [0.717, 1.165) is 40.0 Å². The van der Waals surface area contributed by atoms with E-state index in [1.165, 1.54) is 5.56 Å². The highest BCUT2D eigenvalue weighted by atomic mass is 127. The number of alkyl halides is 1. The molecule has 5 heteroatoms. The van der Waals surface area contributed by atoms with Gasteiger partial charge in [-0.3, -0.25) is 0 Å². The van der Waals surface area contributed by atoms with E-state index in [0.29, 0.717) is 12.5 Å². The fourth-order valence-corrected chi connectivity index (χ4v) is 3.09. The van der Waals surface area contributed by atoms with E-state index in [2.05, 4.69) is 33.6 Å². The summed E-state index contributed by atoms with van der Waals surface area (Å²) in [7, 11) is 1.68. The Hall–Kier alpha value is -2.28. The number of rotatable bonds is 9. The topological polar surface area (TPSA) is 44.5 Å². The number of methoxy groups -OCH3 is 1. The highest BCUT2D eigenvalue weighted by Gasteiger charge is 2.11. The Morgan fingerprint density at radius 2 is 1.93 bits per heavy atom. The minimum absolute atomic E-state index is 0.328. The Kier molecular flexibility index (Phi) is 7.33. The average Bonchev–Trinajstić information content (AvgIpc) is 3.17. The lowest BCUT2D eigenvalue weighted by atomic mass is 10.1. The Balaban J connectivity index is 1.64. The van der Waals surface area contributed by atoms with Gasteiger partial charge in [-0.25, -0.2) is 4.98 Å². The van der Waals surface area contributed by atoms with Crippen LogP contribution in [0.5, 0.6) is 11.5 Å². The van der Waals surface area contributed by atoms with Gasteiger partial charge in [-0.2, -0.15) is 0 Å². The molecular weight excluding hydrogens is 453 g/mol. The molecule has 0 spiro atoms. The van der Waals surface area contributed by atoms with Gasteiger partial charge in [0.2, 0.25) is 5.89 Å². The number of nitrogens with zero attached hydrogens (tertiary/aromatic N) is 1. The molecule has 27 heavy (non-hydrogen) atoms. The van der Waals surface area contributed by atoms with E-state index < -0.39 is 0 Å². The number of oxazole rings is 1. The summed E-state index contributed by atoms with van der Waals surface area (Å²) in [6, 6.07) is 16.0. The van der Waals surface area contributed by atoms with Crippen LogP contribution in [0.2, 0.25) is 0 Å². The number of hydrogen-bond acceptors (Lipinski definition) is 4. The van der Waals surface area contributed by atoms with E-state index >= 15 is 0 Å². The Morgan fingerprint density at radius 3 is 2.70 bits per heavy atom. The van der Waals surface area contributed by atoms with Crippen LogP contribution in [-0.4, -0.2) is 16.5 Å². The van der Waals surface area contributed by atoms with Crippen LogP contribution in [0.3, 0.4) is 0 Å². The van der Waals surface area contributed by atoms with Crippen LogP contribution in [0.1, 0.15) is 29.1 Å². The van der Waals surface area contributed by atoms with Crippen LogP contribution in [0.25, 0.3) is 12.2 Å². The molecule has 1 aromatic heterocycles. The zero-order chi connectivity index (χ0) is 18.9. The fraction of sp³-hybridized carbons (Fsp3) is 0.227. The summed E-state index contributed by atoms with van der Waals surface area (Å²) in [5.41, 5.74) is 3.00.